The molecule has 0 radical (unpaired) electrons. The van der Waals surface area contributed by atoms with Crippen LogP contribution in [0.4, 0.5) is 5.69 Å². The number of aryl methyl sites for hydroxylation is 1. The lowest BCUT2D eigenvalue weighted by Gasteiger charge is -2.09. The molecule has 0 saturated carbocycles. The van der Waals surface area contributed by atoms with Crippen molar-refractivity contribution in [2.75, 3.05) is 18.2 Å². The lowest BCUT2D eigenvalue weighted by Crippen LogP contribution is -2.14. The van der Waals surface area contributed by atoms with Crippen LogP contribution in [-0.2, 0) is 18.4 Å². The maximum Gasteiger partial charge on any atom is 0.234 e. The number of carbonyl (C=O) groups is 1. The molecule has 146 valence electrons. The van der Waals surface area contributed by atoms with Gasteiger partial charge in [0, 0.05) is 18.8 Å². The van der Waals surface area contributed by atoms with Gasteiger partial charge in [-0.1, -0.05) is 36.0 Å². The van der Waals surface area contributed by atoms with Crippen LogP contribution in [0, 0.1) is 6.92 Å². The summed E-state index contributed by atoms with van der Waals surface area (Å²) in [5.41, 5.74) is 1.75. The van der Waals surface area contributed by atoms with Gasteiger partial charge in [0.25, 0.3) is 0 Å². The van der Waals surface area contributed by atoms with Crippen LogP contribution in [0.3, 0.4) is 0 Å². The molecule has 0 bridgehead atoms. The van der Waals surface area contributed by atoms with E-state index in [9.17, 15) is 4.79 Å². The maximum absolute atomic E-state index is 12.2. The Kier molecular flexibility index (Phi) is 6.54. The van der Waals surface area contributed by atoms with E-state index in [0.717, 1.165) is 11.3 Å². The van der Waals surface area contributed by atoms with Crippen molar-refractivity contribution in [3.8, 4) is 11.5 Å². The van der Waals surface area contributed by atoms with Gasteiger partial charge in [0.15, 0.2) is 11.0 Å². The number of benzene rings is 2. The highest BCUT2D eigenvalue weighted by atomic mass is 32.2. The van der Waals surface area contributed by atoms with E-state index >= 15 is 0 Å². The Balaban J connectivity index is 1.53. The predicted molar refractivity (Wildman–Crippen MR) is 109 cm³/mol. The highest BCUT2D eigenvalue weighted by molar-refractivity contribution is 7.99. The SMILES string of the molecule is COc1cccc(NC(=O)CSc2nnc(COc3ccccc3C)n2C)c1. The number of thioether (sulfide) groups is 1. The normalized spacial score (nSPS) is 10.5. The summed E-state index contributed by atoms with van der Waals surface area (Å²) < 4.78 is 12.8. The molecule has 0 fully saturated rings. The number of para-hydroxylation sites is 1. The van der Waals surface area contributed by atoms with E-state index in [1.165, 1.54) is 11.8 Å². The lowest BCUT2D eigenvalue weighted by atomic mass is 10.2. The Morgan fingerprint density at radius 2 is 2.00 bits per heavy atom. The summed E-state index contributed by atoms with van der Waals surface area (Å²) in [6, 6.07) is 15.0. The number of rotatable bonds is 8. The minimum atomic E-state index is -0.126. The highest BCUT2D eigenvalue weighted by Crippen LogP contribution is 2.21. The molecule has 1 N–H and O–H groups in total. The van der Waals surface area contributed by atoms with Crippen molar-refractivity contribution in [3.05, 3.63) is 59.9 Å². The number of amides is 1. The Morgan fingerprint density at radius 1 is 1.18 bits per heavy atom. The first-order valence-electron chi connectivity index (χ1n) is 8.70. The van der Waals surface area contributed by atoms with E-state index < -0.39 is 0 Å². The van der Waals surface area contributed by atoms with Gasteiger partial charge >= 0.3 is 0 Å². The molecule has 1 amide bonds. The number of nitrogens with zero attached hydrogens (tertiary/aromatic N) is 3. The molecular weight excluding hydrogens is 376 g/mol. The van der Waals surface area contributed by atoms with E-state index in [4.69, 9.17) is 9.47 Å². The molecule has 8 heteroatoms. The molecular formula is C20H22N4O3S. The molecule has 0 atom stereocenters. The fraction of sp³-hybridized carbons (Fsp3) is 0.250. The van der Waals surface area contributed by atoms with Gasteiger partial charge in [-0.3, -0.25) is 4.79 Å². The van der Waals surface area contributed by atoms with Crippen LogP contribution in [0.25, 0.3) is 0 Å². The zero-order valence-corrected chi connectivity index (χ0v) is 16.8. The molecule has 0 unspecified atom stereocenters. The molecule has 0 aliphatic rings. The topological polar surface area (TPSA) is 78.3 Å². The third-order valence-corrected chi connectivity index (χ3v) is 5.08. The largest absolute Gasteiger partial charge is 0.497 e. The van der Waals surface area contributed by atoms with E-state index in [-0.39, 0.29) is 11.7 Å². The predicted octanol–water partition coefficient (Wildman–Crippen LogP) is 3.44. The monoisotopic (exact) mass is 398 g/mol. The van der Waals surface area contributed by atoms with Crippen molar-refractivity contribution < 1.29 is 14.3 Å². The summed E-state index contributed by atoms with van der Waals surface area (Å²) in [5, 5.41) is 11.8. The molecule has 7 nitrogen and oxygen atoms in total. The maximum atomic E-state index is 12.2. The van der Waals surface area contributed by atoms with E-state index in [1.807, 2.05) is 61.0 Å². The van der Waals surface area contributed by atoms with Crippen LogP contribution < -0.4 is 14.8 Å². The summed E-state index contributed by atoms with van der Waals surface area (Å²) in [4.78, 5) is 12.2. The van der Waals surface area contributed by atoms with Crippen LogP contribution in [0.1, 0.15) is 11.4 Å². The quantitative estimate of drug-likeness (QED) is 0.586. The Labute approximate surface area is 168 Å². The second-order valence-corrected chi connectivity index (χ2v) is 7.02. The number of ether oxygens (including phenoxy) is 2. The standard InChI is InChI=1S/C20H22N4O3S/c1-14-7-4-5-10-17(14)27-12-18-22-23-20(24(18)2)28-13-19(25)21-15-8-6-9-16(11-15)26-3/h4-11H,12-13H2,1-3H3,(H,21,25). The van der Waals surface area contributed by atoms with Crippen LogP contribution in [0.15, 0.2) is 53.7 Å². The molecule has 28 heavy (non-hydrogen) atoms. The van der Waals surface area contributed by atoms with Gasteiger partial charge in [-0.05, 0) is 30.7 Å². The summed E-state index contributed by atoms with van der Waals surface area (Å²) >= 11 is 1.32. The van der Waals surface area contributed by atoms with E-state index in [2.05, 4.69) is 15.5 Å². The molecule has 3 aromatic rings. The zero-order chi connectivity index (χ0) is 19.9. The number of anilines is 1. The van der Waals surface area contributed by atoms with Crippen LogP contribution in [0.2, 0.25) is 0 Å². The Morgan fingerprint density at radius 3 is 2.79 bits per heavy atom. The average molecular weight is 398 g/mol. The first-order chi connectivity index (χ1) is 13.6. The second kappa shape index (κ2) is 9.27. The minimum Gasteiger partial charge on any atom is -0.497 e. The molecule has 1 heterocycles. The van der Waals surface area contributed by atoms with Crippen molar-refractivity contribution in [1.29, 1.82) is 0 Å². The van der Waals surface area contributed by atoms with Crippen molar-refractivity contribution in [2.24, 2.45) is 7.05 Å². The smallest absolute Gasteiger partial charge is 0.234 e. The third-order valence-electron chi connectivity index (χ3n) is 4.06. The van der Waals surface area contributed by atoms with Crippen molar-refractivity contribution in [2.45, 2.75) is 18.7 Å². The van der Waals surface area contributed by atoms with Crippen molar-refractivity contribution >= 4 is 23.4 Å². The Hall–Kier alpha value is -3.00. The number of methoxy groups -OCH3 is 1. The van der Waals surface area contributed by atoms with Crippen molar-refractivity contribution in [1.82, 2.24) is 14.8 Å². The van der Waals surface area contributed by atoms with Crippen LogP contribution >= 0.6 is 11.8 Å². The zero-order valence-electron chi connectivity index (χ0n) is 16.0. The summed E-state index contributed by atoms with van der Waals surface area (Å²) in [5.74, 6) is 2.30. The van der Waals surface area contributed by atoms with E-state index in [1.54, 1.807) is 13.2 Å². The number of hydrogen-bond acceptors (Lipinski definition) is 6. The average Bonchev–Trinajstić information content (AvgIpc) is 3.05. The van der Waals surface area contributed by atoms with Gasteiger partial charge in [-0.25, -0.2) is 0 Å². The summed E-state index contributed by atoms with van der Waals surface area (Å²) in [7, 11) is 3.45. The van der Waals surface area contributed by atoms with Gasteiger partial charge in [-0.15, -0.1) is 10.2 Å². The van der Waals surface area contributed by atoms with Gasteiger partial charge in [0.2, 0.25) is 5.91 Å². The van der Waals surface area contributed by atoms with E-state index in [0.29, 0.717) is 29.0 Å². The van der Waals surface area contributed by atoms with Crippen LogP contribution in [-0.4, -0.2) is 33.5 Å². The fourth-order valence-corrected chi connectivity index (χ4v) is 3.22. The first kappa shape index (κ1) is 19.8. The molecule has 1 aromatic heterocycles. The second-order valence-electron chi connectivity index (χ2n) is 6.08. The van der Waals surface area contributed by atoms with Crippen molar-refractivity contribution in [3.63, 3.8) is 0 Å². The molecule has 0 spiro atoms. The fourth-order valence-electron chi connectivity index (χ4n) is 2.49. The first-order valence-corrected chi connectivity index (χ1v) is 9.69. The molecule has 3 rings (SSSR count). The van der Waals surface area contributed by atoms with Crippen LogP contribution in [0.5, 0.6) is 11.5 Å². The van der Waals surface area contributed by atoms with Gasteiger partial charge in [0.1, 0.15) is 18.1 Å². The lowest BCUT2D eigenvalue weighted by molar-refractivity contribution is -0.113. The Bertz CT molecular complexity index is 958. The molecule has 0 saturated heterocycles. The number of hydrogen-bond donors (Lipinski definition) is 1. The summed E-state index contributed by atoms with van der Waals surface area (Å²) in [6.45, 7) is 2.30. The third kappa shape index (κ3) is 5.04. The molecule has 0 aliphatic carbocycles. The number of nitrogens with one attached hydrogen (secondary N) is 1. The van der Waals surface area contributed by atoms with Gasteiger partial charge in [-0.2, -0.15) is 0 Å². The van der Waals surface area contributed by atoms with Gasteiger partial charge < -0.3 is 19.4 Å². The molecule has 2 aromatic carbocycles. The number of aromatic nitrogens is 3. The minimum absolute atomic E-state index is 0.126. The van der Waals surface area contributed by atoms with Gasteiger partial charge in [0.05, 0.1) is 12.9 Å². The summed E-state index contributed by atoms with van der Waals surface area (Å²) in [6.07, 6.45) is 0. The molecule has 0 aliphatic heterocycles. The highest BCUT2D eigenvalue weighted by Gasteiger charge is 2.12. The number of carbonyl (C=O) groups excluding carboxylic acids is 1.